The smallest absolute Gasteiger partial charge is 0.253 e. The molecule has 5 heteroatoms. The van der Waals surface area contributed by atoms with Crippen LogP contribution < -0.4 is 5.01 Å². The molecular weight excluding hydrogens is 259 g/mol. The highest BCUT2D eigenvalue weighted by atomic mass is 35.5. The molecule has 1 aliphatic heterocycles. The van der Waals surface area contributed by atoms with Crippen LogP contribution in [-0.4, -0.2) is 11.6 Å². The van der Waals surface area contributed by atoms with Crippen molar-refractivity contribution in [3.05, 3.63) is 28.2 Å². The molecule has 0 aliphatic carbocycles. The number of nitrogens with zero attached hydrogens (tertiary/aromatic N) is 2. The highest BCUT2D eigenvalue weighted by Crippen LogP contribution is 2.28. The van der Waals surface area contributed by atoms with Gasteiger partial charge >= 0.3 is 0 Å². The molecule has 0 N–H and O–H groups in total. The Morgan fingerprint density at radius 2 is 1.82 bits per heavy atom. The van der Waals surface area contributed by atoms with Crippen molar-refractivity contribution in [1.82, 2.24) is 0 Å². The van der Waals surface area contributed by atoms with Crippen molar-refractivity contribution in [2.24, 2.45) is 11.0 Å². The van der Waals surface area contributed by atoms with Crippen LogP contribution in [0.2, 0.25) is 10.0 Å². The quantitative estimate of drug-likeness (QED) is 0.806. The molecule has 3 nitrogen and oxygen atoms in total. The molecule has 0 aromatic heterocycles. The number of hydrazone groups is 1. The average Bonchev–Trinajstić information content (AvgIpc) is 2.59. The van der Waals surface area contributed by atoms with E-state index in [2.05, 4.69) is 5.10 Å². The van der Waals surface area contributed by atoms with Gasteiger partial charge in [0.25, 0.3) is 5.91 Å². The molecule has 17 heavy (non-hydrogen) atoms. The molecule has 1 aliphatic rings. The predicted molar refractivity (Wildman–Crippen MR) is 70.8 cm³/mol. The van der Waals surface area contributed by atoms with Crippen molar-refractivity contribution in [3.63, 3.8) is 0 Å². The highest BCUT2D eigenvalue weighted by molar-refractivity contribution is 6.35. The van der Waals surface area contributed by atoms with Crippen molar-refractivity contribution >= 4 is 40.5 Å². The first kappa shape index (κ1) is 12.4. The lowest BCUT2D eigenvalue weighted by Gasteiger charge is -2.12. The lowest BCUT2D eigenvalue weighted by molar-refractivity contribution is -0.116. The zero-order valence-corrected chi connectivity index (χ0v) is 11.1. The van der Waals surface area contributed by atoms with Gasteiger partial charge in [0, 0.05) is 10.0 Å². The zero-order valence-electron chi connectivity index (χ0n) is 9.58. The second-order valence-electron chi connectivity index (χ2n) is 4.26. The Morgan fingerprint density at radius 3 is 2.29 bits per heavy atom. The van der Waals surface area contributed by atoms with Crippen molar-refractivity contribution in [1.29, 1.82) is 0 Å². The van der Waals surface area contributed by atoms with Gasteiger partial charge in [-0.25, -0.2) is 5.01 Å². The monoisotopic (exact) mass is 270 g/mol. The van der Waals surface area contributed by atoms with E-state index in [0.717, 1.165) is 5.71 Å². The number of halogens is 2. The van der Waals surface area contributed by atoms with Gasteiger partial charge in [-0.1, -0.05) is 37.0 Å². The summed E-state index contributed by atoms with van der Waals surface area (Å²) in [5.74, 6) is 0.214. The standard InChI is InChI=1S/C12H12Cl2N2O/c1-7(2)11-6-12(17)16(15-11)10-4-8(13)3-9(14)5-10/h3-5,7H,6H2,1-2H3. The molecule has 2 rings (SSSR count). The summed E-state index contributed by atoms with van der Waals surface area (Å²) in [6.07, 6.45) is 0.363. The second kappa shape index (κ2) is 4.67. The van der Waals surface area contributed by atoms with Gasteiger partial charge < -0.3 is 0 Å². The molecule has 0 atom stereocenters. The molecule has 90 valence electrons. The van der Waals surface area contributed by atoms with Crippen molar-refractivity contribution in [2.45, 2.75) is 20.3 Å². The van der Waals surface area contributed by atoms with Gasteiger partial charge in [-0.15, -0.1) is 0 Å². The van der Waals surface area contributed by atoms with Gasteiger partial charge in [0.2, 0.25) is 0 Å². The van der Waals surface area contributed by atoms with Crippen LogP contribution >= 0.6 is 23.2 Å². The van der Waals surface area contributed by atoms with Crippen LogP contribution in [-0.2, 0) is 4.79 Å². The van der Waals surface area contributed by atoms with Crippen LogP contribution in [0.15, 0.2) is 23.3 Å². The Kier molecular flexibility index (Phi) is 3.40. The van der Waals surface area contributed by atoms with Crippen molar-refractivity contribution in [2.75, 3.05) is 5.01 Å². The third-order valence-corrected chi connectivity index (χ3v) is 2.99. The molecule has 1 amide bonds. The number of anilines is 1. The molecule has 0 fully saturated rings. The van der Waals surface area contributed by atoms with E-state index in [4.69, 9.17) is 23.2 Å². The molecule has 0 radical (unpaired) electrons. The summed E-state index contributed by atoms with van der Waals surface area (Å²) in [6, 6.07) is 4.98. The number of hydrogen-bond donors (Lipinski definition) is 0. The highest BCUT2D eigenvalue weighted by Gasteiger charge is 2.26. The molecular formula is C12H12Cl2N2O. The predicted octanol–water partition coefficient (Wildman–Crippen LogP) is 3.74. The van der Waals surface area contributed by atoms with E-state index in [1.807, 2.05) is 13.8 Å². The van der Waals surface area contributed by atoms with Crippen molar-refractivity contribution < 1.29 is 4.79 Å². The lowest BCUT2D eigenvalue weighted by atomic mass is 10.1. The second-order valence-corrected chi connectivity index (χ2v) is 5.13. The maximum absolute atomic E-state index is 11.8. The molecule has 0 saturated carbocycles. The van der Waals surface area contributed by atoms with Gasteiger partial charge in [-0.3, -0.25) is 4.79 Å². The van der Waals surface area contributed by atoms with Crippen LogP contribution in [0, 0.1) is 5.92 Å². The third kappa shape index (κ3) is 2.61. The SMILES string of the molecule is CC(C)C1=NN(c2cc(Cl)cc(Cl)c2)C(=O)C1. The minimum absolute atomic E-state index is 0.0490. The molecule has 1 aromatic rings. The Labute approximate surface area is 110 Å². The number of carbonyl (C=O) groups is 1. The molecule has 0 spiro atoms. The van der Waals surface area contributed by atoms with Crippen LogP contribution in [0.25, 0.3) is 0 Å². The Bertz CT molecular complexity index is 477. The number of amides is 1. The number of benzene rings is 1. The van der Waals surface area contributed by atoms with Crippen LogP contribution in [0.5, 0.6) is 0 Å². The fourth-order valence-electron chi connectivity index (χ4n) is 1.63. The Morgan fingerprint density at radius 1 is 1.24 bits per heavy atom. The molecule has 1 heterocycles. The maximum Gasteiger partial charge on any atom is 0.253 e. The summed E-state index contributed by atoms with van der Waals surface area (Å²) in [4.78, 5) is 11.8. The molecule has 0 saturated heterocycles. The fourth-order valence-corrected chi connectivity index (χ4v) is 2.15. The van der Waals surface area contributed by atoms with Gasteiger partial charge in [-0.2, -0.15) is 5.10 Å². The fraction of sp³-hybridized carbons (Fsp3) is 0.333. The van der Waals surface area contributed by atoms with Gasteiger partial charge in [-0.05, 0) is 24.1 Å². The molecule has 0 unspecified atom stereocenters. The van der Waals surface area contributed by atoms with E-state index >= 15 is 0 Å². The summed E-state index contributed by atoms with van der Waals surface area (Å²) in [7, 11) is 0. The van der Waals surface area contributed by atoms with Crippen LogP contribution in [0.4, 0.5) is 5.69 Å². The summed E-state index contributed by atoms with van der Waals surface area (Å²) in [5, 5.41) is 6.66. The first-order valence-corrected chi connectivity index (χ1v) is 6.09. The zero-order chi connectivity index (χ0) is 12.6. The summed E-state index contributed by atoms with van der Waals surface area (Å²) in [6.45, 7) is 4.03. The Hall–Kier alpha value is -1.06. The van der Waals surface area contributed by atoms with Crippen LogP contribution in [0.1, 0.15) is 20.3 Å². The Balaban J connectivity index is 2.37. The number of rotatable bonds is 2. The third-order valence-electron chi connectivity index (χ3n) is 2.56. The average molecular weight is 271 g/mol. The maximum atomic E-state index is 11.8. The summed E-state index contributed by atoms with van der Waals surface area (Å²) in [5.41, 5.74) is 1.49. The largest absolute Gasteiger partial charge is 0.272 e. The minimum Gasteiger partial charge on any atom is -0.272 e. The van der Waals surface area contributed by atoms with E-state index in [-0.39, 0.29) is 11.8 Å². The number of hydrogen-bond acceptors (Lipinski definition) is 2. The topological polar surface area (TPSA) is 32.7 Å². The molecule has 1 aromatic carbocycles. The van der Waals surface area contributed by atoms with Gasteiger partial charge in [0.1, 0.15) is 0 Å². The first-order valence-electron chi connectivity index (χ1n) is 5.34. The minimum atomic E-state index is -0.0490. The summed E-state index contributed by atoms with van der Waals surface area (Å²) >= 11 is 11.8. The van der Waals surface area contributed by atoms with E-state index < -0.39 is 0 Å². The van der Waals surface area contributed by atoms with E-state index in [1.165, 1.54) is 5.01 Å². The van der Waals surface area contributed by atoms with Crippen molar-refractivity contribution in [3.8, 4) is 0 Å². The van der Waals surface area contributed by atoms with E-state index in [0.29, 0.717) is 22.2 Å². The first-order chi connectivity index (χ1) is 7.97. The van der Waals surface area contributed by atoms with E-state index in [1.54, 1.807) is 18.2 Å². The normalized spacial score (nSPS) is 15.7. The lowest BCUT2D eigenvalue weighted by Crippen LogP contribution is -2.19. The number of carbonyl (C=O) groups excluding carboxylic acids is 1. The van der Waals surface area contributed by atoms with Gasteiger partial charge in [0.05, 0.1) is 17.8 Å². The van der Waals surface area contributed by atoms with E-state index in [9.17, 15) is 4.79 Å². The van der Waals surface area contributed by atoms with Gasteiger partial charge in [0.15, 0.2) is 0 Å². The summed E-state index contributed by atoms with van der Waals surface area (Å²) < 4.78 is 0. The molecule has 0 bridgehead atoms. The van der Waals surface area contributed by atoms with Crippen LogP contribution in [0.3, 0.4) is 0 Å².